The topological polar surface area (TPSA) is 46.2 Å². The second kappa shape index (κ2) is 8.50. The molecule has 26 heavy (non-hydrogen) atoms. The Bertz CT molecular complexity index is 905. The lowest BCUT2D eigenvalue weighted by Crippen LogP contribution is -2.16. The van der Waals surface area contributed by atoms with Crippen LogP contribution in [0.5, 0.6) is 0 Å². The number of aryl methyl sites for hydroxylation is 1. The van der Waals surface area contributed by atoms with Gasteiger partial charge in [-0.25, -0.2) is 0 Å². The summed E-state index contributed by atoms with van der Waals surface area (Å²) >= 11 is 1.47. The molecule has 0 unspecified atom stereocenters. The molecule has 0 atom stereocenters. The van der Waals surface area contributed by atoms with Gasteiger partial charge in [0, 0.05) is 16.0 Å². The van der Waals surface area contributed by atoms with Gasteiger partial charge < -0.3 is 5.32 Å². The van der Waals surface area contributed by atoms with Crippen LogP contribution in [0.4, 0.5) is 5.69 Å². The molecule has 0 heterocycles. The van der Waals surface area contributed by atoms with Crippen LogP contribution in [0.1, 0.15) is 21.5 Å². The molecule has 0 aliphatic rings. The average Bonchev–Trinajstić information content (AvgIpc) is 2.68. The number of hydrogen-bond donors (Lipinski definition) is 1. The molecule has 0 spiro atoms. The number of rotatable bonds is 6. The van der Waals surface area contributed by atoms with E-state index >= 15 is 0 Å². The Kier molecular flexibility index (Phi) is 5.87. The van der Waals surface area contributed by atoms with E-state index < -0.39 is 0 Å². The second-order valence-electron chi connectivity index (χ2n) is 5.89. The standard InChI is InChI=1S/C22H19NO2S/c1-16-11-13-18(14-12-16)26-15-21(24)23-20-10-6-5-9-19(20)22(25)17-7-3-2-4-8-17/h2-14H,15H2,1H3,(H,23,24). The largest absolute Gasteiger partial charge is 0.325 e. The number of carbonyl (C=O) groups is 2. The van der Waals surface area contributed by atoms with Crippen molar-refractivity contribution in [2.45, 2.75) is 11.8 Å². The number of ketones is 1. The van der Waals surface area contributed by atoms with Crippen molar-refractivity contribution >= 4 is 29.1 Å². The van der Waals surface area contributed by atoms with Crippen molar-refractivity contribution in [1.82, 2.24) is 0 Å². The fourth-order valence-corrected chi connectivity index (χ4v) is 3.20. The molecule has 0 fully saturated rings. The summed E-state index contributed by atoms with van der Waals surface area (Å²) in [5, 5.41) is 2.86. The first-order valence-electron chi connectivity index (χ1n) is 8.31. The molecule has 0 saturated heterocycles. The normalized spacial score (nSPS) is 10.3. The molecule has 0 radical (unpaired) electrons. The maximum atomic E-state index is 12.7. The van der Waals surface area contributed by atoms with E-state index in [0.29, 0.717) is 16.8 Å². The molecule has 3 aromatic carbocycles. The Morgan fingerprint density at radius 1 is 0.846 bits per heavy atom. The van der Waals surface area contributed by atoms with E-state index in [-0.39, 0.29) is 17.4 Å². The van der Waals surface area contributed by atoms with Gasteiger partial charge in [-0.15, -0.1) is 11.8 Å². The van der Waals surface area contributed by atoms with Crippen molar-refractivity contribution in [2.75, 3.05) is 11.1 Å². The summed E-state index contributed by atoms with van der Waals surface area (Å²) in [6.07, 6.45) is 0. The van der Waals surface area contributed by atoms with Gasteiger partial charge in [0.2, 0.25) is 5.91 Å². The Morgan fingerprint density at radius 2 is 1.50 bits per heavy atom. The van der Waals surface area contributed by atoms with E-state index in [4.69, 9.17) is 0 Å². The van der Waals surface area contributed by atoms with Gasteiger partial charge in [-0.05, 0) is 31.2 Å². The molecule has 0 saturated carbocycles. The molecule has 1 N–H and O–H groups in total. The number of anilines is 1. The van der Waals surface area contributed by atoms with E-state index in [1.54, 1.807) is 30.3 Å². The lowest BCUT2D eigenvalue weighted by molar-refractivity contribution is -0.113. The van der Waals surface area contributed by atoms with Gasteiger partial charge in [-0.3, -0.25) is 9.59 Å². The van der Waals surface area contributed by atoms with Crippen molar-refractivity contribution in [2.24, 2.45) is 0 Å². The number of nitrogens with one attached hydrogen (secondary N) is 1. The maximum absolute atomic E-state index is 12.7. The van der Waals surface area contributed by atoms with Crippen LogP contribution in [-0.4, -0.2) is 17.4 Å². The van der Waals surface area contributed by atoms with Crippen LogP contribution in [0.15, 0.2) is 83.8 Å². The Hall–Kier alpha value is -2.85. The van der Waals surface area contributed by atoms with Crippen LogP contribution in [-0.2, 0) is 4.79 Å². The molecular weight excluding hydrogens is 342 g/mol. The van der Waals surface area contributed by atoms with Gasteiger partial charge in [0.25, 0.3) is 0 Å². The number of hydrogen-bond acceptors (Lipinski definition) is 3. The zero-order valence-electron chi connectivity index (χ0n) is 14.4. The molecule has 130 valence electrons. The molecule has 3 aromatic rings. The molecule has 3 rings (SSSR count). The minimum atomic E-state index is -0.135. The molecule has 0 bridgehead atoms. The number of carbonyl (C=O) groups excluding carboxylic acids is 2. The summed E-state index contributed by atoms with van der Waals surface area (Å²) in [4.78, 5) is 26.1. The fraction of sp³-hybridized carbons (Fsp3) is 0.0909. The van der Waals surface area contributed by atoms with Crippen molar-refractivity contribution < 1.29 is 9.59 Å². The van der Waals surface area contributed by atoms with Crippen LogP contribution in [0, 0.1) is 6.92 Å². The van der Waals surface area contributed by atoms with E-state index in [0.717, 1.165) is 4.90 Å². The smallest absolute Gasteiger partial charge is 0.234 e. The van der Waals surface area contributed by atoms with Crippen LogP contribution >= 0.6 is 11.8 Å². The highest BCUT2D eigenvalue weighted by Gasteiger charge is 2.14. The zero-order chi connectivity index (χ0) is 18.4. The van der Waals surface area contributed by atoms with Crippen molar-refractivity contribution in [3.63, 3.8) is 0 Å². The Labute approximate surface area is 157 Å². The maximum Gasteiger partial charge on any atom is 0.234 e. The Balaban J connectivity index is 1.69. The molecule has 0 aliphatic carbocycles. The number of thioether (sulfide) groups is 1. The predicted molar refractivity (Wildman–Crippen MR) is 107 cm³/mol. The lowest BCUT2D eigenvalue weighted by Gasteiger charge is -2.10. The van der Waals surface area contributed by atoms with Crippen molar-refractivity contribution in [3.8, 4) is 0 Å². The van der Waals surface area contributed by atoms with Gasteiger partial charge in [0.05, 0.1) is 11.4 Å². The van der Waals surface area contributed by atoms with Gasteiger partial charge in [-0.1, -0.05) is 60.2 Å². The van der Waals surface area contributed by atoms with Crippen molar-refractivity contribution in [1.29, 1.82) is 0 Å². The molecule has 1 amide bonds. The predicted octanol–water partition coefficient (Wildman–Crippen LogP) is 4.96. The zero-order valence-corrected chi connectivity index (χ0v) is 15.3. The first kappa shape index (κ1) is 18.0. The monoisotopic (exact) mass is 361 g/mol. The summed E-state index contributed by atoms with van der Waals surface area (Å²) in [5.74, 6) is 0.0493. The third-order valence-electron chi connectivity index (χ3n) is 3.87. The summed E-state index contributed by atoms with van der Waals surface area (Å²) in [5.41, 5.74) is 2.82. The van der Waals surface area contributed by atoms with E-state index in [2.05, 4.69) is 5.32 Å². The molecule has 0 aromatic heterocycles. The van der Waals surface area contributed by atoms with Crippen LogP contribution in [0.3, 0.4) is 0 Å². The Morgan fingerprint density at radius 3 is 2.23 bits per heavy atom. The highest BCUT2D eigenvalue weighted by molar-refractivity contribution is 8.00. The minimum absolute atomic E-state index is 0.104. The summed E-state index contributed by atoms with van der Waals surface area (Å²) < 4.78 is 0. The van der Waals surface area contributed by atoms with Crippen molar-refractivity contribution in [3.05, 3.63) is 95.6 Å². The lowest BCUT2D eigenvalue weighted by atomic mass is 10.0. The average molecular weight is 361 g/mol. The highest BCUT2D eigenvalue weighted by Crippen LogP contribution is 2.21. The van der Waals surface area contributed by atoms with Crippen LogP contribution in [0.25, 0.3) is 0 Å². The third kappa shape index (κ3) is 4.61. The quantitative estimate of drug-likeness (QED) is 0.499. The molecule has 3 nitrogen and oxygen atoms in total. The van der Waals surface area contributed by atoms with E-state index in [9.17, 15) is 9.59 Å². The summed E-state index contributed by atoms with van der Waals surface area (Å²) in [7, 11) is 0. The van der Waals surface area contributed by atoms with E-state index in [1.165, 1.54) is 17.3 Å². The first-order valence-corrected chi connectivity index (χ1v) is 9.30. The first-order chi connectivity index (χ1) is 12.6. The van der Waals surface area contributed by atoms with Gasteiger partial charge in [0.1, 0.15) is 0 Å². The number of para-hydroxylation sites is 1. The summed E-state index contributed by atoms with van der Waals surface area (Å²) in [6, 6.07) is 24.2. The van der Waals surface area contributed by atoms with E-state index in [1.807, 2.05) is 55.5 Å². The van der Waals surface area contributed by atoms with Gasteiger partial charge in [0.15, 0.2) is 5.78 Å². The molecular formula is C22H19NO2S. The molecule has 4 heteroatoms. The van der Waals surface area contributed by atoms with Gasteiger partial charge in [-0.2, -0.15) is 0 Å². The highest BCUT2D eigenvalue weighted by atomic mass is 32.2. The molecule has 0 aliphatic heterocycles. The minimum Gasteiger partial charge on any atom is -0.325 e. The van der Waals surface area contributed by atoms with Crippen LogP contribution in [0.2, 0.25) is 0 Å². The number of benzene rings is 3. The second-order valence-corrected chi connectivity index (χ2v) is 6.94. The SMILES string of the molecule is Cc1ccc(SCC(=O)Nc2ccccc2C(=O)c2ccccc2)cc1. The van der Waals surface area contributed by atoms with Gasteiger partial charge >= 0.3 is 0 Å². The fourth-order valence-electron chi connectivity index (χ4n) is 2.50. The third-order valence-corrected chi connectivity index (χ3v) is 4.88. The van der Waals surface area contributed by atoms with Crippen LogP contribution < -0.4 is 5.32 Å². The summed E-state index contributed by atoms with van der Waals surface area (Å²) in [6.45, 7) is 2.03. The number of amides is 1.